The molecule has 1 aliphatic carbocycles. The Balaban J connectivity index is 1.52. The Morgan fingerprint density at radius 2 is 2.07 bits per heavy atom. The topological polar surface area (TPSA) is 58.5 Å². The predicted molar refractivity (Wildman–Crippen MR) is 113 cm³/mol. The van der Waals surface area contributed by atoms with Crippen LogP contribution in [0.3, 0.4) is 0 Å². The molecule has 1 aliphatic rings. The highest BCUT2D eigenvalue weighted by atomic mass is 32.1. The van der Waals surface area contributed by atoms with Crippen molar-refractivity contribution in [2.75, 3.05) is 13.6 Å². The SMILES string of the molecule is CN=C(NCCc1ncc(C)s1)NCc1ccc(C)cc1OC1CCCC1. The van der Waals surface area contributed by atoms with Crippen molar-refractivity contribution in [2.45, 2.75) is 58.6 Å². The van der Waals surface area contributed by atoms with Crippen molar-refractivity contribution in [1.82, 2.24) is 15.6 Å². The lowest BCUT2D eigenvalue weighted by molar-refractivity contribution is 0.207. The predicted octanol–water partition coefficient (Wildman–Crippen LogP) is 3.99. The van der Waals surface area contributed by atoms with Gasteiger partial charge in [-0.2, -0.15) is 0 Å². The van der Waals surface area contributed by atoms with Crippen LogP contribution in [0.2, 0.25) is 0 Å². The van der Waals surface area contributed by atoms with E-state index in [1.165, 1.54) is 41.7 Å². The van der Waals surface area contributed by atoms with Crippen LogP contribution >= 0.6 is 11.3 Å². The number of aromatic nitrogens is 1. The number of guanidine groups is 1. The summed E-state index contributed by atoms with van der Waals surface area (Å²) in [6.45, 7) is 5.70. The molecule has 1 fully saturated rings. The molecule has 0 saturated heterocycles. The van der Waals surface area contributed by atoms with Crippen molar-refractivity contribution in [3.8, 4) is 5.75 Å². The number of thiazole rings is 1. The zero-order valence-electron chi connectivity index (χ0n) is 16.5. The minimum Gasteiger partial charge on any atom is -0.490 e. The van der Waals surface area contributed by atoms with E-state index < -0.39 is 0 Å². The van der Waals surface area contributed by atoms with Gasteiger partial charge in [0.05, 0.1) is 11.1 Å². The highest BCUT2D eigenvalue weighted by Crippen LogP contribution is 2.27. The van der Waals surface area contributed by atoms with Crippen molar-refractivity contribution in [2.24, 2.45) is 4.99 Å². The molecular weight excluding hydrogens is 356 g/mol. The molecule has 1 heterocycles. The lowest BCUT2D eigenvalue weighted by atomic mass is 10.1. The van der Waals surface area contributed by atoms with Crippen LogP contribution in [-0.4, -0.2) is 30.6 Å². The lowest BCUT2D eigenvalue weighted by Gasteiger charge is -2.18. The molecule has 5 nitrogen and oxygen atoms in total. The maximum absolute atomic E-state index is 6.29. The average Bonchev–Trinajstić information content (AvgIpc) is 3.31. The van der Waals surface area contributed by atoms with Crippen LogP contribution in [0, 0.1) is 13.8 Å². The van der Waals surface area contributed by atoms with E-state index >= 15 is 0 Å². The molecule has 3 rings (SSSR count). The Hall–Kier alpha value is -2.08. The standard InChI is InChI=1S/C21H30N4OS/c1-15-8-9-17(19(12-15)26-18-6-4-5-7-18)14-25-21(22-3)23-11-10-20-24-13-16(2)27-20/h8-9,12-13,18H,4-7,10-11,14H2,1-3H3,(H2,22,23,25). The first-order chi connectivity index (χ1) is 13.1. The van der Waals surface area contributed by atoms with Gasteiger partial charge in [-0.05, 0) is 51.2 Å². The summed E-state index contributed by atoms with van der Waals surface area (Å²) in [6, 6.07) is 6.44. The maximum Gasteiger partial charge on any atom is 0.191 e. The van der Waals surface area contributed by atoms with Gasteiger partial charge in [0.25, 0.3) is 0 Å². The van der Waals surface area contributed by atoms with Crippen LogP contribution in [0.25, 0.3) is 0 Å². The third-order valence-corrected chi connectivity index (χ3v) is 5.76. The second-order valence-corrected chi connectivity index (χ2v) is 8.42. The first kappa shape index (κ1) is 19.7. The minimum atomic E-state index is 0.366. The molecule has 0 radical (unpaired) electrons. The van der Waals surface area contributed by atoms with E-state index in [0.717, 1.165) is 29.7 Å². The van der Waals surface area contributed by atoms with Gasteiger partial charge in [-0.3, -0.25) is 4.99 Å². The van der Waals surface area contributed by atoms with Gasteiger partial charge in [-0.1, -0.05) is 12.1 Å². The summed E-state index contributed by atoms with van der Waals surface area (Å²) in [5.41, 5.74) is 2.40. The lowest BCUT2D eigenvalue weighted by Crippen LogP contribution is -2.38. The molecule has 0 atom stereocenters. The normalized spacial score (nSPS) is 15.1. The van der Waals surface area contributed by atoms with Crippen molar-refractivity contribution in [1.29, 1.82) is 0 Å². The number of benzene rings is 1. The molecule has 1 aromatic carbocycles. The Labute approximate surface area is 166 Å². The third-order valence-electron chi connectivity index (χ3n) is 4.79. The van der Waals surface area contributed by atoms with E-state index in [9.17, 15) is 0 Å². The van der Waals surface area contributed by atoms with Gasteiger partial charge < -0.3 is 15.4 Å². The second kappa shape index (κ2) is 9.74. The van der Waals surface area contributed by atoms with Gasteiger partial charge in [-0.25, -0.2) is 4.98 Å². The number of hydrogen-bond acceptors (Lipinski definition) is 4. The number of nitrogens with zero attached hydrogens (tertiary/aromatic N) is 2. The summed E-state index contributed by atoms with van der Waals surface area (Å²) in [6.07, 6.45) is 8.08. The molecule has 1 saturated carbocycles. The van der Waals surface area contributed by atoms with Gasteiger partial charge in [-0.15, -0.1) is 11.3 Å². The summed E-state index contributed by atoms with van der Waals surface area (Å²) in [5, 5.41) is 7.92. The van der Waals surface area contributed by atoms with E-state index in [4.69, 9.17) is 4.74 Å². The summed E-state index contributed by atoms with van der Waals surface area (Å²) in [4.78, 5) is 9.98. The van der Waals surface area contributed by atoms with Gasteiger partial charge in [0, 0.05) is 43.2 Å². The van der Waals surface area contributed by atoms with Crippen molar-refractivity contribution < 1.29 is 4.74 Å². The largest absolute Gasteiger partial charge is 0.490 e. The first-order valence-corrected chi connectivity index (χ1v) is 10.6. The number of aliphatic imine (C=N–C) groups is 1. The number of nitrogens with one attached hydrogen (secondary N) is 2. The summed E-state index contributed by atoms with van der Waals surface area (Å²) in [5.74, 6) is 1.80. The van der Waals surface area contributed by atoms with Gasteiger partial charge in [0.2, 0.25) is 0 Å². The minimum absolute atomic E-state index is 0.366. The van der Waals surface area contributed by atoms with Gasteiger partial charge in [0.15, 0.2) is 5.96 Å². The van der Waals surface area contributed by atoms with Gasteiger partial charge >= 0.3 is 0 Å². The smallest absolute Gasteiger partial charge is 0.191 e. The van der Waals surface area contributed by atoms with E-state index in [1.807, 2.05) is 6.20 Å². The number of ether oxygens (including phenoxy) is 1. The van der Waals surface area contributed by atoms with Crippen molar-refractivity contribution in [3.63, 3.8) is 0 Å². The van der Waals surface area contributed by atoms with E-state index in [2.05, 4.69) is 52.7 Å². The summed E-state index contributed by atoms with van der Waals surface area (Å²) in [7, 11) is 1.80. The Kier molecular flexibility index (Phi) is 7.10. The maximum atomic E-state index is 6.29. The fourth-order valence-electron chi connectivity index (χ4n) is 3.31. The highest BCUT2D eigenvalue weighted by Gasteiger charge is 2.18. The van der Waals surface area contributed by atoms with Crippen LogP contribution in [0.15, 0.2) is 29.4 Å². The zero-order valence-corrected chi connectivity index (χ0v) is 17.4. The quantitative estimate of drug-likeness (QED) is 0.558. The molecule has 27 heavy (non-hydrogen) atoms. The monoisotopic (exact) mass is 386 g/mol. The number of aryl methyl sites for hydroxylation is 2. The van der Waals surface area contributed by atoms with Gasteiger partial charge in [0.1, 0.15) is 5.75 Å². The van der Waals surface area contributed by atoms with Crippen LogP contribution in [0.5, 0.6) is 5.75 Å². The highest BCUT2D eigenvalue weighted by molar-refractivity contribution is 7.11. The van der Waals surface area contributed by atoms with Crippen LogP contribution < -0.4 is 15.4 Å². The molecule has 0 spiro atoms. The number of rotatable bonds is 7. The fraction of sp³-hybridized carbons (Fsp3) is 0.524. The van der Waals surface area contributed by atoms with Crippen LogP contribution in [0.1, 0.15) is 46.7 Å². The Morgan fingerprint density at radius 1 is 1.26 bits per heavy atom. The van der Waals surface area contributed by atoms with E-state index in [1.54, 1.807) is 18.4 Å². The molecule has 146 valence electrons. The first-order valence-electron chi connectivity index (χ1n) is 9.76. The molecule has 0 bridgehead atoms. The molecule has 0 unspecified atom stereocenters. The molecule has 6 heteroatoms. The third kappa shape index (κ3) is 5.96. The summed E-state index contributed by atoms with van der Waals surface area (Å²) >= 11 is 1.75. The molecule has 1 aromatic heterocycles. The average molecular weight is 387 g/mol. The Bertz CT molecular complexity index is 765. The molecule has 2 aromatic rings. The fourth-order valence-corrected chi connectivity index (χ4v) is 4.09. The molecular formula is C21H30N4OS. The second-order valence-electron chi connectivity index (χ2n) is 7.10. The molecule has 0 aliphatic heterocycles. The molecule has 2 N–H and O–H groups in total. The Morgan fingerprint density at radius 3 is 2.78 bits per heavy atom. The zero-order chi connectivity index (χ0) is 19.1. The van der Waals surface area contributed by atoms with E-state index in [0.29, 0.717) is 12.6 Å². The number of hydrogen-bond donors (Lipinski definition) is 2. The van der Waals surface area contributed by atoms with Crippen LogP contribution in [0.4, 0.5) is 0 Å². The van der Waals surface area contributed by atoms with E-state index in [-0.39, 0.29) is 0 Å². The van der Waals surface area contributed by atoms with Crippen LogP contribution in [-0.2, 0) is 13.0 Å². The summed E-state index contributed by atoms with van der Waals surface area (Å²) < 4.78 is 6.29. The van der Waals surface area contributed by atoms with Crippen molar-refractivity contribution >= 4 is 17.3 Å². The molecule has 0 amide bonds. The van der Waals surface area contributed by atoms with Crippen molar-refractivity contribution in [3.05, 3.63) is 45.4 Å².